The number of imidazole rings is 1. The first-order valence-electron chi connectivity index (χ1n) is 7.10. The number of aromatic nitrogens is 4. The Labute approximate surface area is 127 Å². The maximum Gasteiger partial charge on any atom is 0.132 e. The molecule has 0 radical (unpaired) electrons. The summed E-state index contributed by atoms with van der Waals surface area (Å²) in [6.07, 6.45) is 6.37. The van der Waals surface area contributed by atoms with Crippen LogP contribution in [0.4, 0.5) is 8.78 Å². The average molecular weight is 302 g/mol. The number of hydrogen-bond acceptors (Lipinski definition) is 2. The van der Waals surface area contributed by atoms with E-state index < -0.39 is 11.6 Å². The largest absolute Gasteiger partial charge is 0.335 e. The fourth-order valence-electron chi connectivity index (χ4n) is 2.37. The van der Waals surface area contributed by atoms with E-state index in [-0.39, 0.29) is 5.56 Å². The third-order valence-electron chi connectivity index (χ3n) is 3.55. The van der Waals surface area contributed by atoms with E-state index >= 15 is 0 Å². The number of nitrogens with zero attached hydrogens (tertiary/aromatic N) is 4. The Kier molecular flexibility index (Phi) is 4.00. The van der Waals surface area contributed by atoms with E-state index in [4.69, 9.17) is 0 Å². The molecule has 2 heterocycles. The summed E-state index contributed by atoms with van der Waals surface area (Å²) in [6, 6.07) is 5.08. The van der Waals surface area contributed by atoms with Gasteiger partial charge in [0.2, 0.25) is 0 Å². The normalized spacial score (nSPS) is 11.0. The predicted molar refractivity (Wildman–Crippen MR) is 79.2 cm³/mol. The molecule has 0 amide bonds. The van der Waals surface area contributed by atoms with Gasteiger partial charge in [-0.3, -0.25) is 4.68 Å². The SMILES string of the molecule is Cc1nccn1CCCn1ccc(-c2cc(F)ccc2F)n1. The number of hydrogen-bond donors (Lipinski definition) is 0. The molecule has 3 rings (SSSR count). The third kappa shape index (κ3) is 3.05. The molecule has 0 aliphatic rings. The molecule has 0 aliphatic carbocycles. The first kappa shape index (κ1) is 14.4. The highest BCUT2D eigenvalue weighted by atomic mass is 19.1. The quantitative estimate of drug-likeness (QED) is 0.724. The zero-order valence-corrected chi connectivity index (χ0v) is 12.2. The second kappa shape index (κ2) is 6.09. The van der Waals surface area contributed by atoms with Gasteiger partial charge in [0, 0.05) is 37.2 Å². The highest BCUT2D eigenvalue weighted by Crippen LogP contribution is 2.21. The molecular weight excluding hydrogens is 286 g/mol. The van der Waals surface area contributed by atoms with Crippen LogP contribution in [0.5, 0.6) is 0 Å². The van der Waals surface area contributed by atoms with Crippen LogP contribution in [0.3, 0.4) is 0 Å². The topological polar surface area (TPSA) is 35.6 Å². The maximum atomic E-state index is 13.7. The number of aryl methyl sites for hydroxylation is 3. The van der Waals surface area contributed by atoms with Gasteiger partial charge in [0.15, 0.2) is 0 Å². The van der Waals surface area contributed by atoms with Crippen LogP contribution in [0.1, 0.15) is 12.2 Å². The summed E-state index contributed by atoms with van der Waals surface area (Å²) >= 11 is 0. The molecular formula is C16H16F2N4. The van der Waals surface area contributed by atoms with Crippen molar-refractivity contribution < 1.29 is 8.78 Å². The fraction of sp³-hybridized carbons (Fsp3) is 0.250. The van der Waals surface area contributed by atoms with Crippen LogP contribution in [0, 0.1) is 18.6 Å². The summed E-state index contributed by atoms with van der Waals surface area (Å²) in [4.78, 5) is 4.17. The molecule has 0 atom stereocenters. The summed E-state index contributed by atoms with van der Waals surface area (Å²) in [6.45, 7) is 3.50. The van der Waals surface area contributed by atoms with Gasteiger partial charge in [-0.05, 0) is 37.6 Å². The van der Waals surface area contributed by atoms with Crippen LogP contribution in [-0.4, -0.2) is 19.3 Å². The molecule has 6 heteroatoms. The number of halogens is 2. The van der Waals surface area contributed by atoms with Crippen molar-refractivity contribution in [2.45, 2.75) is 26.4 Å². The molecule has 0 spiro atoms. The van der Waals surface area contributed by atoms with Crippen molar-refractivity contribution in [2.24, 2.45) is 0 Å². The molecule has 1 aromatic carbocycles. The molecule has 0 aliphatic heterocycles. The van der Waals surface area contributed by atoms with Gasteiger partial charge in [-0.15, -0.1) is 0 Å². The van der Waals surface area contributed by atoms with E-state index in [1.54, 1.807) is 23.1 Å². The van der Waals surface area contributed by atoms with Gasteiger partial charge in [0.25, 0.3) is 0 Å². The number of benzene rings is 1. The molecule has 4 nitrogen and oxygen atoms in total. The first-order valence-corrected chi connectivity index (χ1v) is 7.10. The van der Waals surface area contributed by atoms with Crippen molar-refractivity contribution >= 4 is 0 Å². The lowest BCUT2D eigenvalue weighted by Gasteiger charge is -2.05. The Balaban J connectivity index is 1.66. The van der Waals surface area contributed by atoms with Gasteiger partial charge in [0.05, 0.1) is 5.69 Å². The van der Waals surface area contributed by atoms with Gasteiger partial charge in [-0.25, -0.2) is 13.8 Å². The Hall–Kier alpha value is -2.50. The lowest BCUT2D eigenvalue weighted by Crippen LogP contribution is -2.05. The van der Waals surface area contributed by atoms with Crippen LogP contribution in [0.25, 0.3) is 11.3 Å². The van der Waals surface area contributed by atoms with Gasteiger partial charge in [0.1, 0.15) is 17.5 Å². The van der Waals surface area contributed by atoms with E-state index in [9.17, 15) is 8.78 Å². The molecule has 0 saturated carbocycles. The van der Waals surface area contributed by atoms with Crippen molar-refractivity contribution in [3.63, 3.8) is 0 Å². The molecule has 0 unspecified atom stereocenters. The molecule has 22 heavy (non-hydrogen) atoms. The van der Waals surface area contributed by atoms with Crippen LogP contribution in [-0.2, 0) is 13.1 Å². The molecule has 0 fully saturated rings. The highest BCUT2D eigenvalue weighted by molar-refractivity contribution is 5.59. The second-order valence-corrected chi connectivity index (χ2v) is 5.11. The molecule has 0 bridgehead atoms. The van der Waals surface area contributed by atoms with E-state index in [0.717, 1.165) is 37.0 Å². The van der Waals surface area contributed by atoms with Crippen LogP contribution in [0.2, 0.25) is 0 Å². The summed E-state index contributed by atoms with van der Waals surface area (Å²) in [5.74, 6) is 0.0326. The van der Waals surface area contributed by atoms with E-state index in [0.29, 0.717) is 12.2 Å². The zero-order valence-electron chi connectivity index (χ0n) is 12.2. The fourth-order valence-corrected chi connectivity index (χ4v) is 2.37. The van der Waals surface area contributed by atoms with Crippen LogP contribution in [0.15, 0.2) is 42.9 Å². The van der Waals surface area contributed by atoms with Crippen molar-refractivity contribution in [1.29, 1.82) is 0 Å². The maximum absolute atomic E-state index is 13.7. The van der Waals surface area contributed by atoms with Crippen LogP contribution >= 0.6 is 0 Å². The molecule has 2 aromatic heterocycles. The van der Waals surface area contributed by atoms with Gasteiger partial charge in [-0.1, -0.05) is 0 Å². The zero-order chi connectivity index (χ0) is 15.5. The van der Waals surface area contributed by atoms with Gasteiger partial charge < -0.3 is 4.57 Å². The minimum Gasteiger partial charge on any atom is -0.335 e. The molecule has 3 aromatic rings. The third-order valence-corrected chi connectivity index (χ3v) is 3.55. The van der Waals surface area contributed by atoms with Crippen molar-refractivity contribution in [2.75, 3.05) is 0 Å². The van der Waals surface area contributed by atoms with Gasteiger partial charge >= 0.3 is 0 Å². The second-order valence-electron chi connectivity index (χ2n) is 5.11. The standard InChI is InChI=1S/C16H16F2N4/c1-12-19-6-10-21(12)7-2-8-22-9-5-16(20-22)14-11-13(17)3-4-15(14)18/h3-6,9-11H,2,7-8H2,1H3. The Morgan fingerprint density at radius 2 is 1.95 bits per heavy atom. The number of rotatable bonds is 5. The van der Waals surface area contributed by atoms with Crippen LogP contribution < -0.4 is 0 Å². The summed E-state index contributed by atoms with van der Waals surface area (Å²) < 4.78 is 30.8. The van der Waals surface area contributed by atoms with E-state index in [2.05, 4.69) is 14.6 Å². The monoisotopic (exact) mass is 302 g/mol. The van der Waals surface area contributed by atoms with Crippen molar-refractivity contribution in [1.82, 2.24) is 19.3 Å². The predicted octanol–water partition coefficient (Wildman–Crippen LogP) is 3.42. The Morgan fingerprint density at radius 3 is 2.73 bits per heavy atom. The minimum atomic E-state index is -0.472. The minimum absolute atomic E-state index is 0.184. The smallest absolute Gasteiger partial charge is 0.132 e. The van der Waals surface area contributed by atoms with Crippen molar-refractivity contribution in [3.05, 3.63) is 60.3 Å². The lowest BCUT2D eigenvalue weighted by molar-refractivity contribution is 0.521. The van der Waals surface area contributed by atoms with Gasteiger partial charge in [-0.2, -0.15) is 5.10 Å². The Morgan fingerprint density at radius 1 is 1.09 bits per heavy atom. The lowest BCUT2D eigenvalue weighted by atomic mass is 10.1. The van der Waals surface area contributed by atoms with E-state index in [1.807, 2.05) is 13.1 Å². The first-order chi connectivity index (χ1) is 10.6. The molecule has 0 N–H and O–H groups in total. The average Bonchev–Trinajstić information content (AvgIpc) is 3.12. The molecule has 114 valence electrons. The molecule has 0 saturated heterocycles. The Bertz CT molecular complexity index is 776. The highest BCUT2D eigenvalue weighted by Gasteiger charge is 2.09. The van der Waals surface area contributed by atoms with Crippen molar-refractivity contribution in [3.8, 4) is 11.3 Å². The van der Waals surface area contributed by atoms with E-state index in [1.165, 1.54) is 0 Å². The summed E-state index contributed by atoms with van der Waals surface area (Å²) in [5.41, 5.74) is 0.625. The summed E-state index contributed by atoms with van der Waals surface area (Å²) in [7, 11) is 0. The summed E-state index contributed by atoms with van der Waals surface area (Å²) in [5, 5.41) is 4.31.